The van der Waals surface area contributed by atoms with E-state index in [0.717, 1.165) is 25.7 Å². The van der Waals surface area contributed by atoms with E-state index >= 15 is 0 Å². The summed E-state index contributed by atoms with van der Waals surface area (Å²) in [6.07, 6.45) is 3.87. The second-order valence-electron chi connectivity index (χ2n) is 6.44. The summed E-state index contributed by atoms with van der Waals surface area (Å²) in [5.74, 6) is 0.171. The molecule has 22 heavy (non-hydrogen) atoms. The third kappa shape index (κ3) is 2.61. The fourth-order valence-electron chi connectivity index (χ4n) is 3.53. The van der Waals surface area contributed by atoms with E-state index in [1.807, 2.05) is 12.1 Å². The summed E-state index contributed by atoms with van der Waals surface area (Å²) in [6.45, 7) is 2.64. The zero-order chi connectivity index (χ0) is 15.6. The SMILES string of the molecule is CC(NC(=O)C1(CCN)CCC1)c1cccc2ccccc12. The van der Waals surface area contributed by atoms with Gasteiger partial charge in [-0.15, -0.1) is 0 Å². The van der Waals surface area contributed by atoms with E-state index < -0.39 is 0 Å². The second kappa shape index (κ2) is 6.09. The maximum Gasteiger partial charge on any atom is 0.226 e. The monoisotopic (exact) mass is 296 g/mol. The van der Waals surface area contributed by atoms with Crippen LogP contribution in [-0.2, 0) is 4.79 Å². The van der Waals surface area contributed by atoms with Gasteiger partial charge in [0.25, 0.3) is 0 Å². The summed E-state index contributed by atoms with van der Waals surface area (Å²) in [4.78, 5) is 12.7. The van der Waals surface area contributed by atoms with Gasteiger partial charge >= 0.3 is 0 Å². The Morgan fingerprint density at radius 1 is 1.23 bits per heavy atom. The van der Waals surface area contributed by atoms with Gasteiger partial charge in [0.2, 0.25) is 5.91 Å². The molecule has 1 fully saturated rings. The highest BCUT2D eigenvalue weighted by Gasteiger charge is 2.43. The number of nitrogens with one attached hydrogen (secondary N) is 1. The Morgan fingerprint density at radius 3 is 2.64 bits per heavy atom. The van der Waals surface area contributed by atoms with Crippen LogP contribution in [0.1, 0.15) is 44.2 Å². The highest BCUT2D eigenvalue weighted by atomic mass is 16.2. The summed E-state index contributed by atoms with van der Waals surface area (Å²) >= 11 is 0. The number of amides is 1. The van der Waals surface area contributed by atoms with Gasteiger partial charge in [-0.25, -0.2) is 0 Å². The third-order valence-corrected chi connectivity index (χ3v) is 5.05. The van der Waals surface area contributed by atoms with Crippen LogP contribution in [-0.4, -0.2) is 12.5 Å². The van der Waals surface area contributed by atoms with Gasteiger partial charge in [-0.1, -0.05) is 48.9 Å². The number of hydrogen-bond donors (Lipinski definition) is 2. The van der Waals surface area contributed by atoms with Gasteiger partial charge in [-0.3, -0.25) is 4.79 Å². The van der Waals surface area contributed by atoms with E-state index in [-0.39, 0.29) is 17.4 Å². The number of rotatable bonds is 5. The molecule has 3 nitrogen and oxygen atoms in total. The molecule has 0 aliphatic heterocycles. The van der Waals surface area contributed by atoms with Crippen LogP contribution in [0, 0.1) is 5.41 Å². The van der Waals surface area contributed by atoms with E-state index in [9.17, 15) is 4.79 Å². The van der Waals surface area contributed by atoms with Crippen molar-refractivity contribution in [2.75, 3.05) is 6.54 Å². The molecular formula is C19H24N2O. The van der Waals surface area contributed by atoms with Gasteiger partial charge in [0.05, 0.1) is 11.5 Å². The molecule has 1 aliphatic carbocycles. The first kappa shape index (κ1) is 15.0. The highest BCUT2D eigenvalue weighted by molar-refractivity contribution is 5.88. The quantitative estimate of drug-likeness (QED) is 0.886. The van der Waals surface area contributed by atoms with E-state index in [1.54, 1.807) is 0 Å². The van der Waals surface area contributed by atoms with Crippen LogP contribution in [0.25, 0.3) is 10.8 Å². The smallest absolute Gasteiger partial charge is 0.226 e. The van der Waals surface area contributed by atoms with Gasteiger partial charge in [0.15, 0.2) is 0 Å². The van der Waals surface area contributed by atoms with Crippen LogP contribution in [0.2, 0.25) is 0 Å². The summed E-state index contributed by atoms with van der Waals surface area (Å²) in [6, 6.07) is 14.6. The largest absolute Gasteiger partial charge is 0.349 e. The molecule has 1 saturated carbocycles. The standard InChI is InChI=1S/C19H24N2O/c1-14(21-18(22)19(12-13-20)10-5-11-19)16-9-4-7-15-6-2-3-8-17(15)16/h2-4,6-9,14H,5,10-13,20H2,1H3,(H,21,22). The van der Waals surface area contributed by atoms with Gasteiger partial charge in [0.1, 0.15) is 0 Å². The minimum absolute atomic E-state index is 0.00819. The van der Waals surface area contributed by atoms with Gasteiger partial charge in [-0.2, -0.15) is 0 Å². The lowest BCUT2D eigenvalue weighted by atomic mass is 9.66. The Morgan fingerprint density at radius 2 is 1.95 bits per heavy atom. The lowest BCUT2D eigenvalue weighted by Gasteiger charge is -2.41. The second-order valence-corrected chi connectivity index (χ2v) is 6.44. The lowest BCUT2D eigenvalue weighted by Crippen LogP contribution is -2.47. The first-order chi connectivity index (χ1) is 10.7. The number of nitrogens with two attached hydrogens (primary N) is 1. The predicted octanol–water partition coefficient (Wildman–Crippen LogP) is 3.54. The number of benzene rings is 2. The molecule has 2 aromatic carbocycles. The molecule has 0 bridgehead atoms. The predicted molar refractivity (Wildman–Crippen MR) is 90.5 cm³/mol. The first-order valence-corrected chi connectivity index (χ1v) is 8.15. The molecule has 1 aliphatic rings. The Labute approximate surface area is 131 Å². The minimum Gasteiger partial charge on any atom is -0.349 e. The third-order valence-electron chi connectivity index (χ3n) is 5.05. The molecule has 3 heteroatoms. The molecule has 0 aromatic heterocycles. The maximum absolute atomic E-state index is 12.7. The average Bonchev–Trinajstić information content (AvgIpc) is 2.50. The molecule has 0 heterocycles. The summed E-state index contributed by atoms with van der Waals surface area (Å²) in [5, 5.41) is 5.64. The van der Waals surface area contributed by atoms with Crippen molar-refractivity contribution in [2.45, 2.75) is 38.6 Å². The first-order valence-electron chi connectivity index (χ1n) is 8.15. The zero-order valence-electron chi connectivity index (χ0n) is 13.1. The Kier molecular flexibility index (Phi) is 4.16. The van der Waals surface area contributed by atoms with Crippen molar-refractivity contribution in [3.63, 3.8) is 0 Å². The molecule has 0 spiro atoms. The molecule has 0 radical (unpaired) electrons. The van der Waals surface area contributed by atoms with E-state index in [4.69, 9.17) is 5.73 Å². The van der Waals surface area contributed by atoms with Crippen molar-refractivity contribution in [1.29, 1.82) is 0 Å². The fourth-order valence-corrected chi connectivity index (χ4v) is 3.53. The Hall–Kier alpha value is -1.87. The van der Waals surface area contributed by atoms with E-state index in [0.29, 0.717) is 6.54 Å². The molecule has 1 atom stereocenters. The van der Waals surface area contributed by atoms with Crippen LogP contribution < -0.4 is 11.1 Å². The number of hydrogen-bond acceptors (Lipinski definition) is 2. The topological polar surface area (TPSA) is 55.1 Å². The van der Waals surface area contributed by atoms with Gasteiger partial charge < -0.3 is 11.1 Å². The van der Waals surface area contributed by atoms with Crippen LogP contribution in [0.5, 0.6) is 0 Å². The maximum atomic E-state index is 12.7. The highest BCUT2D eigenvalue weighted by Crippen LogP contribution is 2.44. The molecule has 3 rings (SSSR count). The minimum atomic E-state index is -0.215. The zero-order valence-corrected chi connectivity index (χ0v) is 13.1. The van der Waals surface area contributed by atoms with Crippen LogP contribution >= 0.6 is 0 Å². The van der Waals surface area contributed by atoms with Crippen molar-refractivity contribution >= 4 is 16.7 Å². The normalized spacial score (nSPS) is 17.7. The average molecular weight is 296 g/mol. The van der Waals surface area contributed by atoms with Gasteiger partial charge in [0, 0.05) is 0 Å². The summed E-state index contributed by atoms with van der Waals surface area (Å²) in [7, 11) is 0. The summed E-state index contributed by atoms with van der Waals surface area (Å²) < 4.78 is 0. The van der Waals surface area contributed by atoms with Crippen molar-refractivity contribution in [3.8, 4) is 0 Å². The molecule has 3 N–H and O–H groups in total. The number of carbonyl (C=O) groups is 1. The van der Waals surface area contributed by atoms with Crippen molar-refractivity contribution in [1.82, 2.24) is 5.32 Å². The van der Waals surface area contributed by atoms with Crippen LogP contribution in [0.4, 0.5) is 0 Å². The van der Waals surface area contributed by atoms with Gasteiger partial charge in [-0.05, 0) is 49.1 Å². The van der Waals surface area contributed by atoms with Crippen molar-refractivity contribution in [3.05, 3.63) is 48.0 Å². The number of carbonyl (C=O) groups excluding carboxylic acids is 1. The van der Waals surface area contributed by atoms with Crippen LogP contribution in [0.3, 0.4) is 0 Å². The molecule has 0 saturated heterocycles. The van der Waals surface area contributed by atoms with E-state index in [1.165, 1.54) is 16.3 Å². The summed E-state index contributed by atoms with van der Waals surface area (Å²) in [5.41, 5.74) is 6.66. The fraction of sp³-hybridized carbons (Fsp3) is 0.421. The van der Waals surface area contributed by atoms with Crippen molar-refractivity contribution < 1.29 is 4.79 Å². The molecule has 1 amide bonds. The number of fused-ring (bicyclic) bond motifs is 1. The van der Waals surface area contributed by atoms with Crippen LogP contribution in [0.15, 0.2) is 42.5 Å². The lowest BCUT2D eigenvalue weighted by molar-refractivity contribution is -0.137. The molecular weight excluding hydrogens is 272 g/mol. The Balaban J connectivity index is 1.81. The Bertz CT molecular complexity index is 671. The molecule has 116 valence electrons. The van der Waals surface area contributed by atoms with Crippen molar-refractivity contribution in [2.24, 2.45) is 11.1 Å². The molecule has 1 unspecified atom stereocenters. The van der Waals surface area contributed by atoms with E-state index in [2.05, 4.69) is 42.6 Å². The molecule has 2 aromatic rings.